The van der Waals surface area contributed by atoms with Crippen molar-refractivity contribution in [2.75, 3.05) is 12.5 Å². The van der Waals surface area contributed by atoms with Crippen LogP contribution >= 0.6 is 11.8 Å². The third-order valence-corrected chi connectivity index (χ3v) is 4.03. The zero-order chi connectivity index (χ0) is 14.8. The van der Waals surface area contributed by atoms with Crippen LogP contribution in [0, 0.1) is 6.92 Å². The number of imidazole rings is 1. The Balaban J connectivity index is 1.95. The van der Waals surface area contributed by atoms with Gasteiger partial charge in [-0.1, -0.05) is 0 Å². The van der Waals surface area contributed by atoms with E-state index >= 15 is 0 Å². The largest absolute Gasteiger partial charge is 0.497 e. The SMILES string of the molecule is COc1ccc2nc(Sc3ncnc(NN)c3C)[nH]c2c1. The van der Waals surface area contributed by atoms with Crippen LogP contribution in [-0.2, 0) is 0 Å². The van der Waals surface area contributed by atoms with Gasteiger partial charge in [-0.15, -0.1) is 0 Å². The van der Waals surface area contributed by atoms with Gasteiger partial charge in [0.1, 0.15) is 22.9 Å². The molecular weight excluding hydrogens is 288 g/mol. The smallest absolute Gasteiger partial charge is 0.172 e. The quantitative estimate of drug-likeness (QED) is 0.385. The zero-order valence-corrected chi connectivity index (χ0v) is 12.4. The van der Waals surface area contributed by atoms with E-state index in [1.54, 1.807) is 7.11 Å². The summed E-state index contributed by atoms with van der Waals surface area (Å²) in [6.45, 7) is 1.91. The minimum Gasteiger partial charge on any atom is -0.497 e. The van der Waals surface area contributed by atoms with E-state index in [9.17, 15) is 0 Å². The van der Waals surface area contributed by atoms with Crippen LogP contribution in [0.4, 0.5) is 5.82 Å². The second kappa shape index (κ2) is 5.58. The minimum absolute atomic E-state index is 0.602. The molecule has 3 rings (SSSR count). The fraction of sp³-hybridized carbons (Fsp3) is 0.154. The summed E-state index contributed by atoms with van der Waals surface area (Å²) in [6, 6.07) is 5.70. The predicted octanol–water partition coefficient (Wildman–Crippen LogP) is 2.11. The van der Waals surface area contributed by atoms with Crippen molar-refractivity contribution in [2.45, 2.75) is 17.1 Å². The molecule has 0 bridgehead atoms. The molecule has 4 N–H and O–H groups in total. The van der Waals surface area contributed by atoms with Crippen molar-refractivity contribution in [2.24, 2.45) is 5.84 Å². The summed E-state index contributed by atoms with van der Waals surface area (Å²) >= 11 is 1.43. The second-order valence-electron chi connectivity index (χ2n) is 4.32. The molecule has 0 amide bonds. The molecule has 0 unspecified atom stereocenters. The van der Waals surface area contributed by atoms with E-state index in [-0.39, 0.29) is 0 Å². The van der Waals surface area contributed by atoms with Crippen LogP contribution in [0.2, 0.25) is 0 Å². The lowest BCUT2D eigenvalue weighted by molar-refractivity contribution is 0.415. The van der Waals surface area contributed by atoms with Crippen LogP contribution < -0.4 is 16.0 Å². The summed E-state index contributed by atoms with van der Waals surface area (Å²) in [4.78, 5) is 16.1. The maximum atomic E-state index is 5.42. The molecule has 108 valence electrons. The Hall–Kier alpha value is -2.32. The lowest BCUT2D eigenvalue weighted by Gasteiger charge is -2.06. The van der Waals surface area contributed by atoms with Crippen LogP contribution in [0.15, 0.2) is 34.7 Å². The maximum absolute atomic E-state index is 5.42. The van der Waals surface area contributed by atoms with Crippen molar-refractivity contribution in [3.8, 4) is 5.75 Å². The van der Waals surface area contributed by atoms with Gasteiger partial charge in [-0.3, -0.25) is 0 Å². The van der Waals surface area contributed by atoms with E-state index < -0.39 is 0 Å². The van der Waals surface area contributed by atoms with E-state index in [4.69, 9.17) is 10.6 Å². The fourth-order valence-electron chi connectivity index (χ4n) is 1.91. The second-order valence-corrected chi connectivity index (χ2v) is 5.30. The number of aromatic nitrogens is 4. The van der Waals surface area contributed by atoms with Crippen LogP contribution in [0.3, 0.4) is 0 Å². The molecule has 2 heterocycles. The van der Waals surface area contributed by atoms with Gasteiger partial charge in [0.05, 0.1) is 18.1 Å². The molecule has 0 saturated carbocycles. The average Bonchev–Trinajstić information content (AvgIpc) is 2.90. The molecule has 1 aromatic carbocycles. The van der Waals surface area contributed by atoms with Gasteiger partial charge in [0.15, 0.2) is 5.16 Å². The van der Waals surface area contributed by atoms with Gasteiger partial charge >= 0.3 is 0 Å². The van der Waals surface area contributed by atoms with Gasteiger partial charge in [0.25, 0.3) is 0 Å². The monoisotopic (exact) mass is 302 g/mol. The number of benzene rings is 1. The molecule has 0 atom stereocenters. The van der Waals surface area contributed by atoms with Crippen LogP contribution in [0.1, 0.15) is 5.56 Å². The van der Waals surface area contributed by atoms with Gasteiger partial charge in [0, 0.05) is 11.6 Å². The third kappa shape index (κ3) is 2.63. The number of ether oxygens (including phenoxy) is 1. The number of methoxy groups -OCH3 is 1. The Morgan fingerprint density at radius 2 is 2.19 bits per heavy atom. The highest BCUT2D eigenvalue weighted by Gasteiger charge is 2.11. The highest BCUT2D eigenvalue weighted by atomic mass is 32.2. The first-order valence-corrected chi connectivity index (χ1v) is 7.02. The zero-order valence-electron chi connectivity index (χ0n) is 11.5. The molecule has 0 aliphatic heterocycles. The topological polar surface area (TPSA) is 102 Å². The van der Waals surface area contributed by atoms with Crippen molar-refractivity contribution >= 4 is 28.6 Å². The van der Waals surface area contributed by atoms with Crippen molar-refractivity contribution in [3.63, 3.8) is 0 Å². The number of fused-ring (bicyclic) bond motifs is 1. The number of nitrogens with zero attached hydrogens (tertiary/aromatic N) is 3. The average molecular weight is 302 g/mol. The van der Waals surface area contributed by atoms with Gasteiger partial charge < -0.3 is 15.1 Å². The van der Waals surface area contributed by atoms with Gasteiger partial charge in [-0.2, -0.15) is 0 Å². The summed E-state index contributed by atoms with van der Waals surface area (Å²) < 4.78 is 5.20. The Morgan fingerprint density at radius 3 is 2.95 bits per heavy atom. The highest BCUT2D eigenvalue weighted by molar-refractivity contribution is 7.99. The Morgan fingerprint density at radius 1 is 1.33 bits per heavy atom. The summed E-state index contributed by atoms with van der Waals surface area (Å²) in [6.07, 6.45) is 1.47. The number of rotatable bonds is 4. The molecule has 0 aliphatic rings. The van der Waals surface area contributed by atoms with E-state index in [0.717, 1.165) is 32.5 Å². The molecular formula is C13H14N6OS. The standard InChI is InChI=1S/C13H14N6OS/c1-7-11(19-14)15-6-16-12(7)21-13-17-9-4-3-8(20-2)5-10(9)18-13/h3-6H,14H2,1-2H3,(H,17,18)(H,15,16,19). The lowest BCUT2D eigenvalue weighted by atomic mass is 10.3. The molecule has 3 aromatic rings. The summed E-state index contributed by atoms with van der Waals surface area (Å²) in [5.74, 6) is 6.81. The fourth-order valence-corrected chi connectivity index (χ4v) is 2.75. The van der Waals surface area contributed by atoms with Crippen LogP contribution in [0.5, 0.6) is 5.75 Å². The van der Waals surface area contributed by atoms with Crippen molar-refractivity contribution in [1.82, 2.24) is 19.9 Å². The third-order valence-electron chi connectivity index (χ3n) is 3.04. The van der Waals surface area contributed by atoms with Crippen molar-refractivity contribution in [3.05, 3.63) is 30.1 Å². The van der Waals surface area contributed by atoms with Gasteiger partial charge in [-0.05, 0) is 30.8 Å². The Kier molecular flexibility index (Phi) is 3.63. The predicted molar refractivity (Wildman–Crippen MR) is 81.3 cm³/mol. The van der Waals surface area contributed by atoms with E-state index in [0.29, 0.717) is 5.82 Å². The maximum Gasteiger partial charge on any atom is 0.172 e. The normalized spacial score (nSPS) is 10.8. The lowest BCUT2D eigenvalue weighted by Crippen LogP contribution is -2.10. The van der Waals surface area contributed by atoms with E-state index in [2.05, 4.69) is 25.4 Å². The number of hydrogen-bond donors (Lipinski definition) is 3. The molecule has 0 fully saturated rings. The number of hydrazine groups is 1. The Bertz CT molecular complexity index is 787. The number of aromatic amines is 1. The Labute approximate surface area is 125 Å². The first-order chi connectivity index (χ1) is 10.2. The number of nitrogens with two attached hydrogens (primary N) is 1. The first kappa shape index (κ1) is 13.7. The molecule has 0 saturated heterocycles. The molecule has 7 nitrogen and oxygen atoms in total. The summed E-state index contributed by atoms with van der Waals surface area (Å²) in [5.41, 5.74) is 5.22. The number of H-pyrrole nitrogens is 1. The van der Waals surface area contributed by atoms with Crippen molar-refractivity contribution < 1.29 is 4.74 Å². The highest BCUT2D eigenvalue weighted by Crippen LogP contribution is 2.30. The molecule has 21 heavy (non-hydrogen) atoms. The molecule has 2 aromatic heterocycles. The van der Waals surface area contributed by atoms with Crippen molar-refractivity contribution in [1.29, 1.82) is 0 Å². The number of hydrogen-bond acceptors (Lipinski definition) is 7. The van der Waals surface area contributed by atoms with Gasteiger partial charge in [0.2, 0.25) is 0 Å². The first-order valence-electron chi connectivity index (χ1n) is 6.21. The van der Waals surface area contributed by atoms with Crippen LogP contribution in [0.25, 0.3) is 11.0 Å². The molecule has 0 aliphatic carbocycles. The van der Waals surface area contributed by atoms with Crippen LogP contribution in [-0.4, -0.2) is 27.0 Å². The number of nitrogen functional groups attached to an aromatic ring is 1. The molecule has 8 heteroatoms. The summed E-state index contributed by atoms with van der Waals surface area (Å²) in [7, 11) is 1.64. The van der Waals surface area contributed by atoms with E-state index in [1.807, 2.05) is 25.1 Å². The number of anilines is 1. The minimum atomic E-state index is 0.602. The molecule has 0 spiro atoms. The summed E-state index contributed by atoms with van der Waals surface area (Å²) in [5, 5.41) is 1.55. The van der Waals surface area contributed by atoms with Gasteiger partial charge in [-0.25, -0.2) is 20.8 Å². The van der Waals surface area contributed by atoms with E-state index in [1.165, 1.54) is 18.1 Å². The number of nitrogens with one attached hydrogen (secondary N) is 2. The molecule has 0 radical (unpaired) electrons.